The molecule has 1 amide bonds. The van der Waals surface area contributed by atoms with Gasteiger partial charge in [0.05, 0.1) is 12.3 Å². The Hall–Kier alpha value is -4.04. The van der Waals surface area contributed by atoms with Gasteiger partial charge in [-0.3, -0.25) is 4.79 Å². The molecule has 1 N–H and O–H groups in total. The van der Waals surface area contributed by atoms with Crippen LogP contribution in [0.15, 0.2) is 66.7 Å². The summed E-state index contributed by atoms with van der Waals surface area (Å²) in [6.45, 7) is 4.37. The summed E-state index contributed by atoms with van der Waals surface area (Å²) < 4.78 is 25.9. The quantitative estimate of drug-likeness (QED) is 0.376. The summed E-state index contributed by atoms with van der Waals surface area (Å²) in [5.74, 6) is -0.0804. The number of hydrogen-bond donors (Lipinski definition) is 1. The van der Waals surface area contributed by atoms with Crippen LogP contribution in [0.5, 0.6) is 6.01 Å². The number of methoxy groups -OCH3 is 1. The van der Waals surface area contributed by atoms with Crippen LogP contribution in [0, 0.1) is 19.7 Å². The molecule has 4 aromatic rings. The van der Waals surface area contributed by atoms with Gasteiger partial charge in [-0.2, -0.15) is 4.98 Å². The number of ether oxygens (including phenoxy) is 2. The molecular formula is C26H25FN4O3. The van der Waals surface area contributed by atoms with E-state index in [1.807, 2.05) is 43.3 Å². The zero-order valence-electron chi connectivity index (χ0n) is 19.2. The number of benzene rings is 3. The number of carbonyl (C=O) groups excluding carboxylic acids is 1. The second-order valence-corrected chi connectivity index (χ2v) is 7.81. The minimum absolute atomic E-state index is 0.226. The molecule has 1 aromatic heterocycles. The number of anilines is 1. The molecule has 1 heterocycles. The second kappa shape index (κ2) is 10.3. The van der Waals surface area contributed by atoms with Crippen molar-refractivity contribution in [2.24, 2.45) is 0 Å². The van der Waals surface area contributed by atoms with Crippen LogP contribution in [0.3, 0.4) is 0 Å². The first-order chi connectivity index (χ1) is 16.4. The van der Waals surface area contributed by atoms with Crippen LogP contribution in [0.2, 0.25) is 0 Å². The molecule has 174 valence electrons. The third kappa shape index (κ3) is 5.29. The van der Waals surface area contributed by atoms with E-state index in [9.17, 15) is 9.18 Å². The standard InChI is InChI=1S/C26H25FN4O3/c1-17-7-9-19(10-8-17)24-29-26(34-14-13-33-3)30-31(24)22-6-4-5-21(16-22)28-25(32)20-11-12-23(27)18(2)15-20/h4-12,15-16H,13-14H2,1-3H3,(H,28,32). The van der Waals surface area contributed by atoms with Crippen LogP contribution in [-0.4, -0.2) is 41.0 Å². The lowest BCUT2D eigenvalue weighted by atomic mass is 10.1. The van der Waals surface area contributed by atoms with Gasteiger partial charge in [0.15, 0.2) is 5.82 Å². The number of nitrogens with one attached hydrogen (secondary N) is 1. The van der Waals surface area contributed by atoms with Crippen molar-refractivity contribution in [2.75, 3.05) is 25.6 Å². The molecular weight excluding hydrogens is 435 g/mol. The highest BCUT2D eigenvalue weighted by molar-refractivity contribution is 6.04. The van der Waals surface area contributed by atoms with Crippen LogP contribution in [0.4, 0.5) is 10.1 Å². The maximum Gasteiger partial charge on any atom is 0.336 e. The Morgan fingerprint density at radius 2 is 1.82 bits per heavy atom. The predicted octanol–water partition coefficient (Wildman–Crippen LogP) is 4.97. The summed E-state index contributed by atoms with van der Waals surface area (Å²) >= 11 is 0. The summed E-state index contributed by atoms with van der Waals surface area (Å²) in [5.41, 5.74) is 4.05. The predicted molar refractivity (Wildman–Crippen MR) is 128 cm³/mol. The van der Waals surface area contributed by atoms with Gasteiger partial charge in [-0.1, -0.05) is 35.9 Å². The van der Waals surface area contributed by atoms with Gasteiger partial charge in [-0.05, 0) is 55.8 Å². The van der Waals surface area contributed by atoms with Gasteiger partial charge in [0.1, 0.15) is 12.4 Å². The smallest absolute Gasteiger partial charge is 0.336 e. The number of halogens is 1. The van der Waals surface area contributed by atoms with Crippen molar-refractivity contribution in [1.29, 1.82) is 0 Å². The SMILES string of the molecule is COCCOc1nc(-c2ccc(C)cc2)n(-c2cccc(NC(=O)c3ccc(F)c(C)c3)c2)n1. The fourth-order valence-electron chi connectivity index (χ4n) is 3.34. The Kier molecular flexibility index (Phi) is 6.98. The third-order valence-corrected chi connectivity index (χ3v) is 5.18. The van der Waals surface area contributed by atoms with Gasteiger partial charge in [0, 0.05) is 23.9 Å². The van der Waals surface area contributed by atoms with Gasteiger partial charge in [-0.25, -0.2) is 9.07 Å². The molecule has 0 saturated carbocycles. The summed E-state index contributed by atoms with van der Waals surface area (Å²) in [5, 5.41) is 7.38. The van der Waals surface area contributed by atoms with E-state index in [4.69, 9.17) is 9.47 Å². The first-order valence-electron chi connectivity index (χ1n) is 10.8. The Morgan fingerprint density at radius 1 is 1.03 bits per heavy atom. The Balaban J connectivity index is 1.65. The normalized spacial score (nSPS) is 10.8. The maximum absolute atomic E-state index is 13.6. The molecule has 0 unspecified atom stereocenters. The highest BCUT2D eigenvalue weighted by Crippen LogP contribution is 2.25. The van der Waals surface area contributed by atoms with Crippen LogP contribution in [-0.2, 0) is 4.74 Å². The zero-order valence-corrected chi connectivity index (χ0v) is 19.2. The summed E-state index contributed by atoms with van der Waals surface area (Å²) in [7, 11) is 1.60. The van der Waals surface area contributed by atoms with Crippen molar-refractivity contribution < 1.29 is 18.7 Å². The van der Waals surface area contributed by atoms with E-state index < -0.39 is 0 Å². The van der Waals surface area contributed by atoms with Gasteiger partial charge < -0.3 is 14.8 Å². The van der Waals surface area contributed by atoms with Crippen molar-refractivity contribution in [3.8, 4) is 23.1 Å². The molecule has 0 bridgehead atoms. The fourth-order valence-corrected chi connectivity index (χ4v) is 3.34. The van der Waals surface area contributed by atoms with Gasteiger partial charge in [0.2, 0.25) is 0 Å². The topological polar surface area (TPSA) is 78.3 Å². The molecule has 0 aliphatic carbocycles. The Morgan fingerprint density at radius 3 is 2.56 bits per heavy atom. The van der Waals surface area contributed by atoms with Crippen molar-refractivity contribution in [2.45, 2.75) is 13.8 Å². The largest absolute Gasteiger partial charge is 0.460 e. The molecule has 4 rings (SSSR count). The lowest BCUT2D eigenvalue weighted by Crippen LogP contribution is -2.12. The molecule has 0 atom stereocenters. The molecule has 7 nitrogen and oxygen atoms in total. The zero-order chi connectivity index (χ0) is 24.1. The number of aromatic nitrogens is 3. The van der Waals surface area contributed by atoms with Crippen molar-refractivity contribution >= 4 is 11.6 Å². The van der Waals surface area contributed by atoms with Crippen molar-refractivity contribution in [1.82, 2.24) is 14.8 Å². The summed E-state index contributed by atoms with van der Waals surface area (Å²) in [4.78, 5) is 17.3. The third-order valence-electron chi connectivity index (χ3n) is 5.18. The van der Waals surface area contributed by atoms with Crippen LogP contribution < -0.4 is 10.1 Å². The van der Waals surface area contributed by atoms with Crippen molar-refractivity contribution in [3.05, 3.63) is 89.2 Å². The molecule has 34 heavy (non-hydrogen) atoms. The number of amides is 1. The monoisotopic (exact) mass is 460 g/mol. The number of hydrogen-bond acceptors (Lipinski definition) is 5. The number of aryl methyl sites for hydroxylation is 2. The lowest BCUT2D eigenvalue weighted by Gasteiger charge is -2.10. The minimum atomic E-state index is -0.350. The molecule has 0 saturated heterocycles. The van der Waals surface area contributed by atoms with Crippen molar-refractivity contribution in [3.63, 3.8) is 0 Å². The van der Waals surface area contributed by atoms with E-state index in [-0.39, 0.29) is 17.7 Å². The highest BCUT2D eigenvalue weighted by Gasteiger charge is 2.16. The molecule has 0 fully saturated rings. The van der Waals surface area contributed by atoms with E-state index >= 15 is 0 Å². The van der Waals surface area contributed by atoms with E-state index in [1.54, 1.807) is 30.8 Å². The Bertz CT molecular complexity index is 1300. The number of carbonyl (C=O) groups is 1. The average molecular weight is 461 g/mol. The first kappa shape index (κ1) is 23.1. The van der Waals surface area contributed by atoms with Crippen LogP contribution in [0.25, 0.3) is 17.1 Å². The maximum atomic E-state index is 13.6. The molecule has 3 aromatic carbocycles. The van der Waals surface area contributed by atoms with Gasteiger partial charge in [-0.15, -0.1) is 5.10 Å². The van der Waals surface area contributed by atoms with E-state index in [2.05, 4.69) is 15.4 Å². The first-order valence-corrected chi connectivity index (χ1v) is 10.8. The summed E-state index contributed by atoms with van der Waals surface area (Å²) in [6.07, 6.45) is 0. The summed E-state index contributed by atoms with van der Waals surface area (Å²) in [6, 6.07) is 19.7. The van der Waals surface area contributed by atoms with E-state index in [0.717, 1.165) is 11.1 Å². The van der Waals surface area contributed by atoms with Gasteiger partial charge >= 0.3 is 6.01 Å². The minimum Gasteiger partial charge on any atom is -0.460 e. The lowest BCUT2D eigenvalue weighted by molar-refractivity contribution is 0.102. The Labute approximate surface area is 197 Å². The molecule has 8 heteroatoms. The molecule has 0 spiro atoms. The number of nitrogens with zero attached hydrogens (tertiary/aromatic N) is 3. The van der Waals surface area contributed by atoms with Crippen LogP contribution in [0.1, 0.15) is 21.5 Å². The highest BCUT2D eigenvalue weighted by atomic mass is 19.1. The average Bonchev–Trinajstić information content (AvgIpc) is 3.26. The van der Waals surface area contributed by atoms with Gasteiger partial charge in [0.25, 0.3) is 5.91 Å². The molecule has 0 radical (unpaired) electrons. The molecule has 0 aliphatic rings. The second-order valence-electron chi connectivity index (χ2n) is 7.81. The fraction of sp³-hybridized carbons (Fsp3) is 0.192. The number of rotatable bonds is 8. The van der Waals surface area contributed by atoms with E-state index in [1.165, 1.54) is 18.2 Å². The van der Waals surface area contributed by atoms with Crippen LogP contribution >= 0.6 is 0 Å². The molecule has 0 aliphatic heterocycles. The van der Waals surface area contributed by atoms with E-state index in [0.29, 0.717) is 41.5 Å².